The molecule has 0 aliphatic heterocycles. The van der Waals surface area contributed by atoms with E-state index >= 15 is 0 Å². The first-order chi connectivity index (χ1) is 10.2. The third-order valence-corrected chi connectivity index (χ3v) is 3.87. The van der Waals surface area contributed by atoms with Crippen LogP contribution in [0.3, 0.4) is 0 Å². The van der Waals surface area contributed by atoms with Gasteiger partial charge in [-0.1, -0.05) is 28.9 Å². The molecule has 1 aromatic carbocycles. The maximum atomic E-state index is 9.29. The van der Waals surface area contributed by atoms with E-state index in [1.165, 1.54) is 0 Å². The molecule has 2 aromatic rings. The molecule has 2 unspecified atom stereocenters. The number of rotatable bonds is 6. The molecule has 21 heavy (non-hydrogen) atoms. The molecule has 1 heterocycles. The Bertz CT molecular complexity index is 592. The largest absolute Gasteiger partial charge is 0.492 e. The van der Waals surface area contributed by atoms with Crippen LogP contribution in [0, 0.1) is 17.2 Å². The maximum Gasteiger partial charge on any atom is 0.119 e. The molecule has 0 amide bonds. The Kier molecular flexibility index (Phi) is 5.77. The van der Waals surface area contributed by atoms with Crippen LogP contribution in [0.15, 0.2) is 53.3 Å². The van der Waals surface area contributed by atoms with Crippen molar-refractivity contribution in [2.75, 3.05) is 6.61 Å². The van der Waals surface area contributed by atoms with Gasteiger partial charge in [0, 0.05) is 16.9 Å². The minimum atomic E-state index is -0.135. The summed E-state index contributed by atoms with van der Waals surface area (Å²) in [5.74, 6) is 0.938. The zero-order valence-corrected chi connectivity index (χ0v) is 13.5. The molecule has 0 saturated carbocycles. The van der Waals surface area contributed by atoms with E-state index in [0.29, 0.717) is 6.61 Å². The molecule has 3 nitrogen and oxygen atoms in total. The van der Waals surface area contributed by atoms with E-state index in [-0.39, 0.29) is 11.8 Å². The van der Waals surface area contributed by atoms with Crippen molar-refractivity contribution < 1.29 is 4.74 Å². The van der Waals surface area contributed by atoms with Crippen molar-refractivity contribution >= 4 is 15.9 Å². The van der Waals surface area contributed by atoms with Crippen LogP contribution in [0.4, 0.5) is 0 Å². The SMILES string of the molecule is CC(CC(C#N)COc1ccc(Br)cc1)c1cccnc1. The molecule has 108 valence electrons. The van der Waals surface area contributed by atoms with Crippen LogP contribution >= 0.6 is 15.9 Å². The van der Waals surface area contributed by atoms with Gasteiger partial charge in [-0.3, -0.25) is 4.98 Å². The van der Waals surface area contributed by atoms with Crippen LogP contribution in [0.1, 0.15) is 24.8 Å². The lowest BCUT2D eigenvalue weighted by Gasteiger charge is -2.16. The second-order valence-corrected chi connectivity index (χ2v) is 5.93. The van der Waals surface area contributed by atoms with Gasteiger partial charge in [0.1, 0.15) is 12.4 Å². The molecule has 0 bridgehead atoms. The first-order valence-electron chi connectivity index (χ1n) is 6.87. The van der Waals surface area contributed by atoms with Crippen molar-refractivity contribution in [3.05, 3.63) is 58.8 Å². The molecule has 4 heteroatoms. The number of nitriles is 1. The summed E-state index contributed by atoms with van der Waals surface area (Å²) in [6.45, 7) is 2.52. The van der Waals surface area contributed by atoms with E-state index in [1.54, 1.807) is 6.20 Å². The predicted octanol–water partition coefficient (Wildman–Crippen LogP) is 4.56. The molecule has 0 spiro atoms. The Hall–Kier alpha value is -1.86. The fourth-order valence-corrected chi connectivity index (χ4v) is 2.38. The van der Waals surface area contributed by atoms with Gasteiger partial charge >= 0.3 is 0 Å². The molecule has 0 aliphatic carbocycles. The first-order valence-corrected chi connectivity index (χ1v) is 7.66. The number of hydrogen-bond acceptors (Lipinski definition) is 3. The summed E-state index contributed by atoms with van der Waals surface area (Å²) < 4.78 is 6.70. The van der Waals surface area contributed by atoms with Crippen molar-refractivity contribution in [3.8, 4) is 11.8 Å². The normalized spacial score (nSPS) is 13.2. The zero-order valence-electron chi connectivity index (χ0n) is 11.9. The van der Waals surface area contributed by atoms with Crippen LogP contribution in [0.5, 0.6) is 5.75 Å². The highest BCUT2D eigenvalue weighted by Crippen LogP contribution is 2.23. The van der Waals surface area contributed by atoms with Gasteiger partial charge in [0.2, 0.25) is 0 Å². The number of pyridine rings is 1. The smallest absolute Gasteiger partial charge is 0.119 e. The van der Waals surface area contributed by atoms with E-state index < -0.39 is 0 Å². The quantitative estimate of drug-likeness (QED) is 0.771. The van der Waals surface area contributed by atoms with Gasteiger partial charge in [-0.15, -0.1) is 0 Å². The lowest BCUT2D eigenvalue weighted by atomic mass is 9.92. The topological polar surface area (TPSA) is 45.9 Å². The second-order valence-electron chi connectivity index (χ2n) is 5.01. The minimum Gasteiger partial charge on any atom is -0.492 e. The molecule has 0 N–H and O–H groups in total. The highest BCUT2D eigenvalue weighted by atomic mass is 79.9. The summed E-state index contributed by atoms with van der Waals surface area (Å²) in [4.78, 5) is 4.12. The van der Waals surface area contributed by atoms with E-state index in [9.17, 15) is 5.26 Å². The Morgan fingerprint density at radius 2 is 2.05 bits per heavy atom. The van der Waals surface area contributed by atoms with E-state index in [0.717, 1.165) is 22.2 Å². The number of ether oxygens (including phenoxy) is 1. The Morgan fingerprint density at radius 1 is 1.29 bits per heavy atom. The van der Waals surface area contributed by atoms with Crippen LogP contribution in [-0.4, -0.2) is 11.6 Å². The van der Waals surface area contributed by atoms with Gasteiger partial charge in [0.15, 0.2) is 0 Å². The number of aromatic nitrogens is 1. The highest BCUT2D eigenvalue weighted by Gasteiger charge is 2.15. The monoisotopic (exact) mass is 344 g/mol. The van der Waals surface area contributed by atoms with Crippen LogP contribution in [-0.2, 0) is 0 Å². The number of nitrogens with zero attached hydrogens (tertiary/aromatic N) is 2. The molecule has 0 radical (unpaired) electrons. The summed E-state index contributed by atoms with van der Waals surface area (Å²) >= 11 is 3.38. The number of benzene rings is 1. The number of halogens is 1. The van der Waals surface area contributed by atoms with Gasteiger partial charge in [-0.25, -0.2) is 0 Å². The molecule has 0 saturated heterocycles. The standard InChI is InChI=1S/C17H17BrN2O/c1-13(15-3-2-8-20-11-15)9-14(10-19)12-21-17-6-4-16(18)5-7-17/h2-8,11,13-14H,9,12H2,1H3. The van der Waals surface area contributed by atoms with E-state index in [2.05, 4.69) is 33.9 Å². The molecule has 0 aliphatic rings. The van der Waals surface area contributed by atoms with Crippen molar-refractivity contribution in [1.82, 2.24) is 4.98 Å². The average molecular weight is 345 g/mol. The predicted molar refractivity (Wildman–Crippen MR) is 86.0 cm³/mol. The number of hydrogen-bond donors (Lipinski definition) is 0. The van der Waals surface area contributed by atoms with Crippen molar-refractivity contribution in [2.45, 2.75) is 19.3 Å². The van der Waals surface area contributed by atoms with Crippen LogP contribution in [0.2, 0.25) is 0 Å². The Balaban J connectivity index is 1.89. The lowest BCUT2D eigenvalue weighted by Crippen LogP contribution is -2.13. The molecular weight excluding hydrogens is 328 g/mol. The van der Waals surface area contributed by atoms with Crippen LogP contribution in [0.25, 0.3) is 0 Å². The maximum absolute atomic E-state index is 9.29. The Labute approximate surface area is 133 Å². The third kappa shape index (κ3) is 4.87. The summed E-state index contributed by atoms with van der Waals surface area (Å²) in [7, 11) is 0. The van der Waals surface area contributed by atoms with Crippen molar-refractivity contribution in [2.24, 2.45) is 5.92 Å². The Morgan fingerprint density at radius 3 is 2.67 bits per heavy atom. The van der Waals surface area contributed by atoms with Gasteiger partial charge in [-0.2, -0.15) is 5.26 Å². The van der Waals surface area contributed by atoms with Crippen LogP contribution < -0.4 is 4.74 Å². The summed E-state index contributed by atoms with van der Waals surface area (Å²) in [6.07, 6.45) is 4.38. The second kappa shape index (κ2) is 7.80. The van der Waals surface area contributed by atoms with Gasteiger partial charge in [0.05, 0.1) is 12.0 Å². The van der Waals surface area contributed by atoms with E-state index in [1.807, 2.05) is 42.6 Å². The third-order valence-electron chi connectivity index (χ3n) is 3.34. The average Bonchev–Trinajstić information content (AvgIpc) is 2.53. The zero-order chi connectivity index (χ0) is 15.1. The molecule has 2 atom stereocenters. The molecule has 1 aromatic heterocycles. The molecular formula is C17H17BrN2O. The summed E-state index contributed by atoms with van der Waals surface area (Å²) in [5, 5.41) is 9.29. The minimum absolute atomic E-state index is 0.135. The van der Waals surface area contributed by atoms with Gasteiger partial charge < -0.3 is 4.74 Å². The van der Waals surface area contributed by atoms with Gasteiger partial charge in [-0.05, 0) is 48.2 Å². The lowest BCUT2D eigenvalue weighted by molar-refractivity contribution is 0.266. The van der Waals surface area contributed by atoms with Gasteiger partial charge in [0.25, 0.3) is 0 Å². The van der Waals surface area contributed by atoms with E-state index in [4.69, 9.17) is 4.74 Å². The fourth-order valence-electron chi connectivity index (χ4n) is 2.12. The highest BCUT2D eigenvalue weighted by molar-refractivity contribution is 9.10. The fraction of sp³-hybridized carbons (Fsp3) is 0.294. The summed E-state index contributed by atoms with van der Waals surface area (Å²) in [5.41, 5.74) is 1.15. The molecule has 2 rings (SSSR count). The first kappa shape index (κ1) is 15.5. The van der Waals surface area contributed by atoms with Crippen molar-refractivity contribution in [1.29, 1.82) is 5.26 Å². The molecule has 0 fully saturated rings. The summed E-state index contributed by atoms with van der Waals surface area (Å²) in [6, 6.07) is 13.9. The van der Waals surface area contributed by atoms with Crippen molar-refractivity contribution in [3.63, 3.8) is 0 Å².